The average molecular weight is 522 g/mol. The number of aryl methyl sites for hydroxylation is 1. The number of hydrogen-bond acceptors (Lipinski definition) is 6. The molecule has 0 saturated heterocycles. The van der Waals surface area contributed by atoms with Gasteiger partial charge in [0, 0.05) is 30.7 Å². The number of rotatable bonds is 10. The maximum Gasteiger partial charge on any atom is 0.265 e. The number of carbonyl (C=O) groups is 1. The Morgan fingerprint density at radius 2 is 1.68 bits per heavy atom. The van der Waals surface area contributed by atoms with Crippen molar-refractivity contribution in [1.82, 2.24) is 14.3 Å². The van der Waals surface area contributed by atoms with Gasteiger partial charge in [0.15, 0.2) is 11.5 Å². The molecule has 0 aliphatic heterocycles. The molecule has 8 nitrogen and oxygen atoms in total. The third-order valence-corrected chi connectivity index (χ3v) is 6.70. The lowest BCUT2D eigenvalue weighted by molar-refractivity contribution is 0.0982. The van der Waals surface area contributed by atoms with Crippen molar-refractivity contribution in [2.45, 2.75) is 32.7 Å². The summed E-state index contributed by atoms with van der Waals surface area (Å²) in [6.45, 7) is 2.77. The number of nitrogens with one attached hydrogen (secondary N) is 1. The van der Waals surface area contributed by atoms with Crippen molar-refractivity contribution >= 4 is 27.0 Å². The van der Waals surface area contributed by atoms with Crippen LogP contribution in [0.3, 0.4) is 0 Å². The highest BCUT2D eigenvalue weighted by Gasteiger charge is 2.17. The molecule has 1 heterocycles. The van der Waals surface area contributed by atoms with Gasteiger partial charge in [-0.1, -0.05) is 55.8 Å². The number of carbonyl (C=O) groups excluding carboxylic acids is 1. The summed E-state index contributed by atoms with van der Waals surface area (Å²) in [6.07, 6.45) is 3.92. The highest BCUT2D eigenvalue weighted by atomic mass is 32.2. The summed E-state index contributed by atoms with van der Waals surface area (Å²) in [4.78, 5) is 17.4. The molecular formula is C28H31N3O5S. The van der Waals surface area contributed by atoms with Crippen molar-refractivity contribution < 1.29 is 22.7 Å². The molecule has 37 heavy (non-hydrogen) atoms. The molecule has 0 unspecified atom stereocenters. The summed E-state index contributed by atoms with van der Waals surface area (Å²) >= 11 is 0. The van der Waals surface area contributed by atoms with Crippen molar-refractivity contribution in [2.75, 3.05) is 20.5 Å². The molecule has 0 spiro atoms. The van der Waals surface area contributed by atoms with E-state index < -0.39 is 15.9 Å². The quantitative estimate of drug-likeness (QED) is 0.322. The molecule has 0 saturated carbocycles. The lowest BCUT2D eigenvalue weighted by Gasteiger charge is -2.13. The molecule has 1 amide bonds. The number of hydrogen-bond donors (Lipinski definition) is 1. The third kappa shape index (κ3) is 5.94. The summed E-state index contributed by atoms with van der Waals surface area (Å²) in [6, 6.07) is 18.7. The standard InChI is InChI=1S/C28H31N3O5S/c1-5-6-11-27-29-23-16-25(35-2)26(36-3)17-24(23)31(27)18-19-12-14-20(15-13-19)21-9-7-8-10-22(21)28(32)30-37(4,33)34/h7-10,12-17H,5-6,11,18H2,1-4H3,(H,30,32). The first kappa shape index (κ1) is 26.2. The van der Waals surface area contributed by atoms with E-state index in [9.17, 15) is 13.2 Å². The Labute approximate surface area is 217 Å². The molecule has 0 aliphatic carbocycles. The third-order valence-electron chi connectivity index (χ3n) is 6.14. The van der Waals surface area contributed by atoms with E-state index in [4.69, 9.17) is 14.5 Å². The van der Waals surface area contributed by atoms with Crippen LogP contribution in [0.15, 0.2) is 60.7 Å². The van der Waals surface area contributed by atoms with Crippen molar-refractivity contribution in [1.29, 1.82) is 0 Å². The fraction of sp³-hybridized carbons (Fsp3) is 0.286. The Morgan fingerprint density at radius 1 is 1.00 bits per heavy atom. The fourth-order valence-electron chi connectivity index (χ4n) is 4.33. The zero-order valence-electron chi connectivity index (χ0n) is 21.4. The average Bonchev–Trinajstić information content (AvgIpc) is 3.21. The van der Waals surface area contributed by atoms with Gasteiger partial charge in [-0.15, -0.1) is 0 Å². The van der Waals surface area contributed by atoms with Crippen LogP contribution in [0.4, 0.5) is 0 Å². The minimum Gasteiger partial charge on any atom is -0.493 e. The Hall–Kier alpha value is -3.85. The number of aromatic nitrogens is 2. The van der Waals surface area contributed by atoms with Crippen molar-refractivity contribution in [3.63, 3.8) is 0 Å². The molecule has 0 atom stereocenters. The molecule has 194 valence electrons. The van der Waals surface area contributed by atoms with Gasteiger partial charge in [0.1, 0.15) is 5.82 Å². The first-order chi connectivity index (χ1) is 17.7. The Balaban J connectivity index is 1.68. The highest BCUT2D eigenvalue weighted by Crippen LogP contribution is 2.33. The number of sulfonamides is 1. The second kappa shape index (κ2) is 11.0. The molecule has 0 radical (unpaired) electrons. The van der Waals surface area contributed by atoms with E-state index in [1.807, 2.05) is 47.2 Å². The summed E-state index contributed by atoms with van der Waals surface area (Å²) in [5, 5.41) is 0. The fourth-order valence-corrected chi connectivity index (χ4v) is 4.78. The topological polar surface area (TPSA) is 99.5 Å². The molecule has 1 N–H and O–H groups in total. The van der Waals surface area contributed by atoms with Crippen LogP contribution in [-0.4, -0.2) is 44.4 Å². The number of amides is 1. The van der Waals surface area contributed by atoms with Crippen LogP contribution in [0.2, 0.25) is 0 Å². The van der Waals surface area contributed by atoms with Crippen molar-refractivity contribution in [2.24, 2.45) is 0 Å². The smallest absolute Gasteiger partial charge is 0.265 e. The summed E-state index contributed by atoms with van der Waals surface area (Å²) in [7, 11) is -0.435. The van der Waals surface area contributed by atoms with Crippen molar-refractivity contribution in [3.8, 4) is 22.6 Å². The molecule has 4 rings (SSSR count). The normalized spacial score (nSPS) is 11.5. The van der Waals surface area contributed by atoms with E-state index in [2.05, 4.69) is 11.5 Å². The minimum atomic E-state index is -3.67. The first-order valence-electron chi connectivity index (χ1n) is 12.1. The van der Waals surface area contributed by atoms with Crippen LogP contribution in [0.25, 0.3) is 22.2 Å². The zero-order valence-corrected chi connectivity index (χ0v) is 22.3. The van der Waals surface area contributed by atoms with Crippen LogP contribution in [0.1, 0.15) is 41.5 Å². The van der Waals surface area contributed by atoms with Crippen LogP contribution in [0, 0.1) is 0 Å². The van der Waals surface area contributed by atoms with Gasteiger partial charge in [-0.25, -0.2) is 18.1 Å². The van der Waals surface area contributed by atoms with Gasteiger partial charge in [0.25, 0.3) is 5.91 Å². The predicted molar refractivity (Wildman–Crippen MR) is 145 cm³/mol. The molecule has 1 aromatic heterocycles. The molecule has 0 fully saturated rings. The number of fused-ring (bicyclic) bond motifs is 1. The maximum absolute atomic E-state index is 12.6. The number of imidazole rings is 1. The lowest BCUT2D eigenvalue weighted by atomic mass is 9.98. The molecule has 0 bridgehead atoms. The van der Waals surface area contributed by atoms with Crippen LogP contribution >= 0.6 is 0 Å². The number of unbranched alkanes of at least 4 members (excludes halogenated alkanes) is 1. The van der Waals surface area contributed by atoms with E-state index in [0.29, 0.717) is 29.2 Å². The van der Waals surface area contributed by atoms with E-state index in [1.165, 1.54) is 0 Å². The van der Waals surface area contributed by atoms with E-state index in [1.54, 1.807) is 32.4 Å². The summed E-state index contributed by atoms with van der Waals surface area (Å²) in [5.41, 5.74) is 4.65. The summed E-state index contributed by atoms with van der Waals surface area (Å²) in [5.74, 6) is 1.64. The number of methoxy groups -OCH3 is 2. The number of nitrogens with zero attached hydrogens (tertiary/aromatic N) is 2. The van der Waals surface area contributed by atoms with Gasteiger partial charge < -0.3 is 14.0 Å². The largest absolute Gasteiger partial charge is 0.493 e. The van der Waals surface area contributed by atoms with Gasteiger partial charge >= 0.3 is 0 Å². The van der Waals surface area contributed by atoms with Crippen LogP contribution < -0.4 is 14.2 Å². The Kier molecular flexibility index (Phi) is 7.83. The predicted octanol–water partition coefficient (Wildman–Crippen LogP) is 4.80. The second-order valence-corrected chi connectivity index (χ2v) is 10.6. The lowest BCUT2D eigenvalue weighted by Crippen LogP contribution is -2.29. The van der Waals surface area contributed by atoms with Crippen LogP contribution in [-0.2, 0) is 23.0 Å². The minimum absolute atomic E-state index is 0.296. The van der Waals surface area contributed by atoms with Crippen molar-refractivity contribution in [3.05, 3.63) is 77.6 Å². The van der Waals surface area contributed by atoms with E-state index in [0.717, 1.165) is 53.5 Å². The summed E-state index contributed by atoms with van der Waals surface area (Å²) < 4.78 is 38.4. The second-order valence-electron chi connectivity index (χ2n) is 8.86. The zero-order chi connectivity index (χ0) is 26.6. The SMILES string of the molecule is CCCCc1nc2cc(OC)c(OC)cc2n1Cc1ccc(-c2ccccc2C(=O)NS(C)(=O)=O)cc1. The van der Waals surface area contributed by atoms with Gasteiger partial charge in [-0.3, -0.25) is 4.79 Å². The van der Waals surface area contributed by atoms with Gasteiger partial charge in [-0.2, -0.15) is 0 Å². The molecular weight excluding hydrogens is 490 g/mol. The molecule has 9 heteroatoms. The molecule has 0 aliphatic rings. The van der Waals surface area contributed by atoms with Gasteiger partial charge in [-0.05, 0) is 29.2 Å². The van der Waals surface area contributed by atoms with E-state index in [-0.39, 0.29) is 0 Å². The maximum atomic E-state index is 12.6. The molecule has 3 aromatic carbocycles. The highest BCUT2D eigenvalue weighted by molar-refractivity contribution is 7.89. The Morgan fingerprint density at radius 3 is 2.32 bits per heavy atom. The number of ether oxygens (including phenoxy) is 2. The van der Waals surface area contributed by atoms with Gasteiger partial charge in [0.05, 0.1) is 31.5 Å². The van der Waals surface area contributed by atoms with Gasteiger partial charge in [0.2, 0.25) is 10.0 Å². The Bertz CT molecular complexity index is 1530. The molecule has 4 aromatic rings. The van der Waals surface area contributed by atoms with Crippen LogP contribution in [0.5, 0.6) is 11.5 Å². The first-order valence-corrected chi connectivity index (χ1v) is 13.9. The number of benzene rings is 3. The van der Waals surface area contributed by atoms with E-state index >= 15 is 0 Å². The monoisotopic (exact) mass is 521 g/mol.